The van der Waals surface area contributed by atoms with Gasteiger partial charge in [0.2, 0.25) is 11.8 Å². The fraction of sp³-hybridized carbons (Fsp3) is 0.423. The number of nitrogens with zero attached hydrogens (tertiary/aromatic N) is 2. The molecule has 222 valence electrons. The van der Waals surface area contributed by atoms with E-state index in [9.17, 15) is 34.6 Å². The highest BCUT2D eigenvalue weighted by Crippen LogP contribution is 2.28. The molecular formula is C26H35N7O8. The van der Waals surface area contributed by atoms with Gasteiger partial charge in [-0.15, -0.1) is 0 Å². The van der Waals surface area contributed by atoms with Crippen LogP contribution in [0.25, 0.3) is 0 Å². The average molecular weight is 574 g/mol. The Kier molecular flexibility index (Phi) is 10.9. The molecule has 2 heterocycles. The maximum Gasteiger partial charge on any atom is 0.268 e. The van der Waals surface area contributed by atoms with E-state index in [4.69, 9.17) is 16.2 Å². The Morgan fingerprint density at radius 2 is 1.88 bits per heavy atom. The molecule has 10 N–H and O–H groups in total. The van der Waals surface area contributed by atoms with Crippen LogP contribution in [-0.2, 0) is 30.5 Å². The SMILES string of the molecule is C=C1CC=C([C@@H]2O[C@H](CNC(=O)[C@H](CCC(=O)NCc3ccccc3)N(O)C(=O)CN=C(N)N)[C@@H](O)[C@H]2O)C(=O)N1. The van der Waals surface area contributed by atoms with Crippen LogP contribution in [0.2, 0.25) is 0 Å². The van der Waals surface area contributed by atoms with Gasteiger partial charge in [0, 0.05) is 37.2 Å². The van der Waals surface area contributed by atoms with Crippen LogP contribution in [0.15, 0.2) is 59.2 Å². The largest absolute Gasteiger partial charge is 0.388 e. The number of allylic oxidation sites excluding steroid dienone is 1. The number of hydroxylamine groups is 2. The van der Waals surface area contributed by atoms with E-state index in [0.29, 0.717) is 12.1 Å². The summed E-state index contributed by atoms with van der Waals surface area (Å²) in [6.45, 7) is 2.92. The number of hydrogen-bond donors (Lipinski definition) is 8. The molecule has 3 rings (SSSR count). The van der Waals surface area contributed by atoms with Gasteiger partial charge in [0.25, 0.3) is 11.8 Å². The number of guanidine groups is 1. The maximum absolute atomic E-state index is 13.1. The highest BCUT2D eigenvalue weighted by molar-refractivity contribution is 5.97. The molecule has 41 heavy (non-hydrogen) atoms. The summed E-state index contributed by atoms with van der Waals surface area (Å²) in [5.74, 6) is -3.24. The van der Waals surface area contributed by atoms with Gasteiger partial charge < -0.3 is 42.4 Å². The van der Waals surface area contributed by atoms with E-state index in [-0.39, 0.29) is 36.6 Å². The molecular weight excluding hydrogens is 538 g/mol. The number of carbonyl (C=O) groups is 4. The predicted octanol–water partition coefficient (Wildman–Crippen LogP) is -2.49. The van der Waals surface area contributed by atoms with E-state index in [1.165, 1.54) is 6.08 Å². The zero-order chi connectivity index (χ0) is 30.1. The highest BCUT2D eigenvalue weighted by Gasteiger charge is 2.46. The Morgan fingerprint density at radius 1 is 1.17 bits per heavy atom. The fourth-order valence-electron chi connectivity index (χ4n) is 4.27. The van der Waals surface area contributed by atoms with Crippen LogP contribution in [-0.4, -0.2) is 93.6 Å². The molecule has 1 aromatic carbocycles. The van der Waals surface area contributed by atoms with Crippen LogP contribution >= 0.6 is 0 Å². The van der Waals surface area contributed by atoms with Gasteiger partial charge in [-0.1, -0.05) is 43.0 Å². The number of rotatable bonds is 12. The van der Waals surface area contributed by atoms with Crippen molar-refractivity contribution < 1.29 is 39.3 Å². The van der Waals surface area contributed by atoms with E-state index in [1.807, 2.05) is 30.3 Å². The van der Waals surface area contributed by atoms with Crippen LogP contribution in [0.4, 0.5) is 0 Å². The molecule has 15 heteroatoms. The first-order valence-electron chi connectivity index (χ1n) is 12.8. The Bertz CT molecular complexity index is 1200. The molecule has 0 radical (unpaired) electrons. The van der Waals surface area contributed by atoms with E-state index in [2.05, 4.69) is 27.5 Å². The lowest BCUT2D eigenvalue weighted by atomic mass is 9.97. The summed E-state index contributed by atoms with van der Waals surface area (Å²) in [5.41, 5.74) is 11.9. The van der Waals surface area contributed by atoms with Gasteiger partial charge in [-0.25, -0.2) is 10.1 Å². The zero-order valence-electron chi connectivity index (χ0n) is 22.2. The van der Waals surface area contributed by atoms with Crippen molar-refractivity contribution >= 4 is 29.6 Å². The lowest BCUT2D eigenvalue weighted by Gasteiger charge is -2.26. The number of aliphatic hydroxyl groups excluding tert-OH is 2. The van der Waals surface area contributed by atoms with Gasteiger partial charge in [0.05, 0.1) is 0 Å². The summed E-state index contributed by atoms with van der Waals surface area (Å²) >= 11 is 0. The first-order chi connectivity index (χ1) is 19.5. The molecule has 2 aliphatic heterocycles. The summed E-state index contributed by atoms with van der Waals surface area (Å²) in [6.07, 6.45) is -3.84. The van der Waals surface area contributed by atoms with Gasteiger partial charge >= 0.3 is 0 Å². The minimum absolute atomic E-state index is 0.115. The fourth-order valence-corrected chi connectivity index (χ4v) is 4.27. The van der Waals surface area contributed by atoms with E-state index >= 15 is 0 Å². The third-order valence-corrected chi connectivity index (χ3v) is 6.49. The highest BCUT2D eigenvalue weighted by atomic mass is 16.5. The van der Waals surface area contributed by atoms with Crippen molar-refractivity contribution in [1.82, 2.24) is 21.0 Å². The molecule has 5 atom stereocenters. The molecule has 0 saturated carbocycles. The summed E-state index contributed by atoms with van der Waals surface area (Å²) in [5, 5.41) is 39.3. The molecule has 1 fully saturated rings. The minimum atomic E-state index is -1.53. The number of carbonyl (C=O) groups excluding carboxylic acids is 4. The number of nitrogens with one attached hydrogen (secondary N) is 3. The van der Waals surface area contributed by atoms with Crippen molar-refractivity contribution in [3.05, 3.63) is 59.8 Å². The lowest BCUT2D eigenvalue weighted by Crippen LogP contribution is -2.51. The van der Waals surface area contributed by atoms with E-state index in [1.54, 1.807) is 0 Å². The van der Waals surface area contributed by atoms with E-state index in [0.717, 1.165) is 5.56 Å². The van der Waals surface area contributed by atoms with Crippen LogP contribution in [0.3, 0.4) is 0 Å². The summed E-state index contributed by atoms with van der Waals surface area (Å²) in [7, 11) is 0. The zero-order valence-corrected chi connectivity index (χ0v) is 22.2. The van der Waals surface area contributed by atoms with Crippen molar-refractivity contribution in [1.29, 1.82) is 0 Å². The molecule has 15 nitrogen and oxygen atoms in total. The molecule has 1 aromatic rings. The molecule has 0 bridgehead atoms. The number of nitrogens with two attached hydrogens (primary N) is 2. The van der Waals surface area contributed by atoms with Crippen LogP contribution in [0.1, 0.15) is 24.8 Å². The van der Waals surface area contributed by atoms with Gasteiger partial charge in [-0.3, -0.25) is 24.4 Å². The third kappa shape index (κ3) is 8.59. The second kappa shape index (κ2) is 14.4. The smallest absolute Gasteiger partial charge is 0.268 e. The number of amides is 4. The molecule has 2 aliphatic rings. The van der Waals surface area contributed by atoms with Crippen molar-refractivity contribution in [2.75, 3.05) is 13.1 Å². The number of ether oxygens (including phenoxy) is 1. The average Bonchev–Trinajstić information content (AvgIpc) is 3.22. The number of aliphatic imine (C=N–C) groups is 1. The summed E-state index contributed by atoms with van der Waals surface area (Å²) in [6, 6.07) is 7.58. The van der Waals surface area contributed by atoms with Gasteiger partial charge in [-0.2, -0.15) is 0 Å². The topological polar surface area (TPSA) is 242 Å². The number of aliphatic hydroxyl groups is 2. The van der Waals surface area contributed by atoms with Crippen LogP contribution in [0, 0.1) is 0 Å². The third-order valence-electron chi connectivity index (χ3n) is 6.49. The van der Waals surface area contributed by atoms with Gasteiger partial charge in [0.1, 0.15) is 37.0 Å². The standard InChI is InChI=1S/C26H35N7O8/c1-14-7-8-16(24(38)32-14)23-22(37)21(36)18(41-23)12-30-25(39)17(33(40)20(35)13-31-26(27)28)9-10-19(34)29-11-15-5-3-2-4-6-15/h2-6,8,17-18,21-23,36-37,40H,1,7,9-13H2,(H,29,34)(H,30,39)(H,32,38)(H4,27,28,31)/t17-,18+,21+,22+,23-/m0/s1. The van der Waals surface area contributed by atoms with E-state index < -0.39 is 66.6 Å². The maximum atomic E-state index is 13.1. The molecule has 1 saturated heterocycles. The second-order valence-corrected chi connectivity index (χ2v) is 9.54. The Balaban J connectivity index is 1.63. The Labute approximate surface area is 235 Å². The normalized spacial score (nSPS) is 22.7. The van der Waals surface area contributed by atoms with Crippen molar-refractivity contribution in [2.24, 2.45) is 16.5 Å². The second-order valence-electron chi connectivity index (χ2n) is 9.54. The molecule has 0 spiro atoms. The van der Waals surface area contributed by atoms with Crippen molar-refractivity contribution in [2.45, 2.75) is 56.3 Å². The molecule has 0 aromatic heterocycles. The Hall–Kier alpha value is -4.31. The molecule has 0 unspecified atom stereocenters. The van der Waals surface area contributed by atoms with Crippen molar-refractivity contribution in [3.8, 4) is 0 Å². The summed E-state index contributed by atoms with van der Waals surface area (Å²) < 4.78 is 5.68. The first kappa shape index (κ1) is 31.2. The number of hydrogen-bond acceptors (Lipinski definition) is 9. The van der Waals surface area contributed by atoms with Crippen LogP contribution < -0.4 is 27.4 Å². The van der Waals surface area contributed by atoms with Gasteiger partial charge in [0.15, 0.2) is 5.96 Å². The summed E-state index contributed by atoms with van der Waals surface area (Å²) in [4.78, 5) is 53.7. The number of benzene rings is 1. The Morgan fingerprint density at radius 3 is 2.54 bits per heavy atom. The first-order valence-corrected chi connectivity index (χ1v) is 12.8. The predicted molar refractivity (Wildman–Crippen MR) is 144 cm³/mol. The molecule has 4 amide bonds. The molecule has 0 aliphatic carbocycles. The minimum Gasteiger partial charge on any atom is -0.388 e. The monoisotopic (exact) mass is 573 g/mol. The lowest BCUT2D eigenvalue weighted by molar-refractivity contribution is -0.179. The van der Waals surface area contributed by atoms with Crippen LogP contribution in [0.5, 0.6) is 0 Å². The quantitative estimate of drug-likeness (QED) is 0.0566. The van der Waals surface area contributed by atoms with Crippen molar-refractivity contribution in [3.63, 3.8) is 0 Å². The van der Waals surface area contributed by atoms with Gasteiger partial charge in [-0.05, 0) is 12.0 Å².